The van der Waals surface area contributed by atoms with E-state index in [4.69, 9.17) is 0 Å². The van der Waals surface area contributed by atoms with Crippen molar-refractivity contribution in [3.05, 3.63) is 21.9 Å². The zero-order valence-corrected chi connectivity index (χ0v) is 14.6. The van der Waals surface area contributed by atoms with Crippen LogP contribution in [0.1, 0.15) is 22.2 Å². The third kappa shape index (κ3) is 4.08. The highest BCUT2D eigenvalue weighted by atomic mass is 32.2. The number of hydrogen-bond donors (Lipinski definition) is 3. The largest absolute Gasteiger partial charge is 0.354 e. The zero-order valence-electron chi connectivity index (χ0n) is 12.9. The number of carbonyl (C=O) groups is 1. The van der Waals surface area contributed by atoms with Gasteiger partial charge < -0.3 is 5.32 Å². The van der Waals surface area contributed by atoms with Crippen LogP contribution in [-0.2, 0) is 11.8 Å². The Balaban J connectivity index is 1.40. The minimum atomic E-state index is -0.205. The van der Waals surface area contributed by atoms with Crippen molar-refractivity contribution in [3.63, 3.8) is 0 Å². The predicted octanol–water partition coefficient (Wildman–Crippen LogP) is 0.396. The fourth-order valence-corrected chi connectivity index (χ4v) is 3.98. The number of aryl methyl sites for hydroxylation is 2. The van der Waals surface area contributed by atoms with Gasteiger partial charge in [-0.2, -0.15) is 0 Å². The van der Waals surface area contributed by atoms with Crippen molar-refractivity contribution in [2.24, 2.45) is 7.05 Å². The van der Waals surface area contributed by atoms with Gasteiger partial charge >= 0.3 is 0 Å². The maximum absolute atomic E-state index is 12.2. The van der Waals surface area contributed by atoms with Crippen LogP contribution in [0.5, 0.6) is 0 Å². The zero-order chi connectivity index (χ0) is 16.2. The first-order valence-electron chi connectivity index (χ1n) is 7.34. The van der Waals surface area contributed by atoms with E-state index in [2.05, 4.69) is 50.8 Å². The van der Waals surface area contributed by atoms with Crippen molar-refractivity contribution in [3.8, 4) is 0 Å². The number of amides is 1. The number of aromatic nitrogens is 4. The molecule has 3 rings (SSSR count). The van der Waals surface area contributed by atoms with Gasteiger partial charge in [-0.15, -0.1) is 16.4 Å². The third-order valence-corrected chi connectivity index (χ3v) is 5.66. The summed E-state index contributed by atoms with van der Waals surface area (Å²) in [5.74, 6) is 0.748. The van der Waals surface area contributed by atoms with Crippen molar-refractivity contribution in [1.29, 1.82) is 0 Å². The summed E-state index contributed by atoms with van der Waals surface area (Å²) in [5, 5.41) is 14.9. The molecule has 1 aliphatic rings. The molecule has 124 valence electrons. The molecular weight excluding hydrogens is 334 g/mol. The number of nitrogens with one attached hydrogen (secondary N) is 3. The molecule has 0 bridgehead atoms. The summed E-state index contributed by atoms with van der Waals surface area (Å²) >= 11 is 3.28. The summed E-state index contributed by atoms with van der Waals surface area (Å²) in [5.41, 5.74) is 6.28. The van der Waals surface area contributed by atoms with Crippen LogP contribution >= 0.6 is 23.1 Å². The molecule has 2 unspecified atom stereocenters. The Hall–Kier alpha value is -1.49. The number of rotatable bonds is 6. The Morgan fingerprint density at radius 1 is 1.52 bits per heavy atom. The number of hydrogen-bond acceptors (Lipinski definition) is 8. The predicted molar refractivity (Wildman–Crippen MR) is 89.0 cm³/mol. The highest BCUT2D eigenvalue weighted by molar-refractivity contribution is 7.99. The number of thioether (sulfide) groups is 1. The molecule has 1 saturated heterocycles. The summed E-state index contributed by atoms with van der Waals surface area (Å²) in [6.07, 6.45) is 0.756. The second-order valence-electron chi connectivity index (χ2n) is 5.30. The number of carbonyl (C=O) groups excluding carboxylic acids is 1. The molecule has 10 heteroatoms. The molecule has 0 aromatic carbocycles. The Kier molecular flexibility index (Phi) is 5.26. The molecular formula is C13H19N7OS2. The molecule has 1 amide bonds. The molecule has 23 heavy (non-hydrogen) atoms. The lowest BCUT2D eigenvalue weighted by atomic mass is 10.1. The van der Waals surface area contributed by atoms with Gasteiger partial charge in [0, 0.05) is 29.1 Å². The molecule has 1 fully saturated rings. The molecule has 3 N–H and O–H groups in total. The normalized spacial score (nSPS) is 20.8. The molecule has 0 spiro atoms. The molecule has 8 nitrogen and oxygen atoms in total. The average molecular weight is 353 g/mol. The van der Waals surface area contributed by atoms with E-state index in [0.717, 1.165) is 17.3 Å². The summed E-state index contributed by atoms with van der Waals surface area (Å²) in [6, 6.07) is 4.21. The highest BCUT2D eigenvalue weighted by Crippen LogP contribution is 2.28. The fourth-order valence-electron chi connectivity index (χ4n) is 2.34. The van der Waals surface area contributed by atoms with Gasteiger partial charge in [-0.05, 0) is 35.9 Å². The Morgan fingerprint density at radius 3 is 3.09 bits per heavy atom. The second-order valence-corrected chi connectivity index (χ2v) is 7.68. The first-order chi connectivity index (χ1) is 11.1. The van der Waals surface area contributed by atoms with Gasteiger partial charge in [0.25, 0.3) is 0 Å². The average Bonchev–Trinajstić information content (AvgIpc) is 3.24. The Morgan fingerprint density at radius 2 is 2.39 bits per heavy atom. The maximum Gasteiger partial charge on any atom is 0.238 e. The topological polar surface area (TPSA) is 96.8 Å². The van der Waals surface area contributed by atoms with Gasteiger partial charge in [-0.25, -0.2) is 15.5 Å². The van der Waals surface area contributed by atoms with Crippen molar-refractivity contribution in [2.45, 2.75) is 30.6 Å². The minimum absolute atomic E-state index is 0.0185. The molecule has 2 aromatic heterocycles. The van der Waals surface area contributed by atoms with Crippen LogP contribution in [0.2, 0.25) is 0 Å². The van der Waals surface area contributed by atoms with Crippen molar-refractivity contribution in [2.75, 3.05) is 12.3 Å². The van der Waals surface area contributed by atoms with E-state index >= 15 is 0 Å². The quantitative estimate of drug-likeness (QED) is 0.511. The van der Waals surface area contributed by atoms with E-state index in [1.807, 2.05) is 0 Å². The van der Waals surface area contributed by atoms with Gasteiger partial charge in [0.1, 0.15) is 6.04 Å². The minimum Gasteiger partial charge on any atom is -0.354 e. The van der Waals surface area contributed by atoms with E-state index < -0.39 is 0 Å². The highest BCUT2D eigenvalue weighted by Gasteiger charge is 2.30. The standard InChI is InChI=1S/C13H19N7OS2/c1-8-3-4-11(23-8)9-7-10(16-15-9)12(21)14-5-6-22-13-17-18-19-20(13)2/h3-4,9-10,15-16H,5-7H2,1-2H3,(H,14,21). The van der Waals surface area contributed by atoms with Gasteiger partial charge in [0.15, 0.2) is 0 Å². The summed E-state index contributed by atoms with van der Waals surface area (Å²) in [4.78, 5) is 14.7. The smallest absolute Gasteiger partial charge is 0.238 e. The first-order valence-corrected chi connectivity index (χ1v) is 9.14. The summed E-state index contributed by atoms with van der Waals surface area (Å²) in [6.45, 7) is 2.67. The Labute approximate surface area is 142 Å². The van der Waals surface area contributed by atoms with Gasteiger partial charge in [0.2, 0.25) is 11.1 Å². The third-order valence-electron chi connectivity index (χ3n) is 3.54. The fraction of sp³-hybridized carbons (Fsp3) is 0.538. The molecule has 0 saturated carbocycles. The lowest BCUT2D eigenvalue weighted by Crippen LogP contribution is -2.43. The van der Waals surface area contributed by atoms with Crippen LogP contribution in [0.4, 0.5) is 0 Å². The number of thiophene rings is 1. The Bertz CT molecular complexity index is 671. The molecule has 2 atom stereocenters. The van der Waals surface area contributed by atoms with E-state index in [1.54, 1.807) is 23.1 Å². The van der Waals surface area contributed by atoms with E-state index in [-0.39, 0.29) is 18.0 Å². The lowest BCUT2D eigenvalue weighted by Gasteiger charge is -2.10. The van der Waals surface area contributed by atoms with Crippen LogP contribution in [0.15, 0.2) is 17.3 Å². The molecule has 0 radical (unpaired) electrons. The van der Waals surface area contributed by atoms with Gasteiger partial charge in [0.05, 0.1) is 6.04 Å². The summed E-state index contributed by atoms with van der Waals surface area (Å²) in [7, 11) is 1.79. The van der Waals surface area contributed by atoms with Gasteiger partial charge in [-0.3, -0.25) is 4.79 Å². The summed E-state index contributed by atoms with van der Waals surface area (Å²) < 4.78 is 1.61. The van der Waals surface area contributed by atoms with Crippen LogP contribution in [0, 0.1) is 6.92 Å². The lowest BCUT2D eigenvalue weighted by molar-refractivity contribution is -0.122. The van der Waals surface area contributed by atoms with E-state index in [9.17, 15) is 4.79 Å². The number of nitrogens with zero attached hydrogens (tertiary/aromatic N) is 4. The van der Waals surface area contributed by atoms with Crippen molar-refractivity contribution < 1.29 is 4.79 Å². The van der Waals surface area contributed by atoms with E-state index in [1.165, 1.54) is 21.5 Å². The van der Waals surface area contributed by atoms with Crippen LogP contribution in [-0.4, -0.2) is 44.5 Å². The monoisotopic (exact) mass is 353 g/mol. The van der Waals surface area contributed by atoms with Gasteiger partial charge in [-0.1, -0.05) is 11.8 Å². The van der Waals surface area contributed by atoms with Crippen LogP contribution < -0.4 is 16.2 Å². The molecule has 0 aliphatic carbocycles. The molecule has 3 heterocycles. The maximum atomic E-state index is 12.2. The number of tetrazole rings is 1. The molecule has 1 aliphatic heterocycles. The SMILES string of the molecule is Cc1ccc(C2CC(C(=O)NCCSc3nnnn3C)NN2)s1. The van der Waals surface area contributed by atoms with Crippen LogP contribution in [0.25, 0.3) is 0 Å². The second kappa shape index (κ2) is 7.39. The first kappa shape index (κ1) is 16.4. The van der Waals surface area contributed by atoms with Crippen molar-refractivity contribution in [1.82, 2.24) is 36.4 Å². The van der Waals surface area contributed by atoms with Crippen LogP contribution in [0.3, 0.4) is 0 Å². The molecule has 2 aromatic rings. The van der Waals surface area contributed by atoms with E-state index in [0.29, 0.717) is 6.54 Å². The van der Waals surface area contributed by atoms with Crippen molar-refractivity contribution >= 4 is 29.0 Å². The number of hydrazine groups is 1.